The zero-order valence-electron chi connectivity index (χ0n) is 17.2. The fourth-order valence-corrected chi connectivity index (χ4v) is 3.38. The number of ether oxygens (including phenoxy) is 2. The summed E-state index contributed by atoms with van der Waals surface area (Å²) < 4.78 is 11.3. The molecule has 0 spiro atoms. The third-order valence-corrected chi connectivity index (χ3v) is 4.79. The van der Waals surface area contributed by atoms with E-state index < -0.39 is 0 Å². The van der Waals surface area contributed by atoms with Crippen molar-refractivity contribution in [2.75, 3.05) is 33.4 Å². The van der Waals surface area contributed by atoms with Crippen LogP contribution in [0.1, 0.15) is 24.5 Å². The minimum absolute atomic E-state index is 0. The summed E-state index contributed by atoms with van der Waals surface area (Å²) in [5.74, 6) is 2.15. The Bertz CT molecular complexity index is 757. The number of guanidine groups is 1. The van der Waals surface area contributed by atoms with Crippen LogP contribution in [0.4, 0.5) is 0 Å². The summed E-state index contributed by atoms with van der Waals surface area (Å²) in [6.07, 6.45) is 2.89. The van der Waals surface area contributed by atoms with Gasteiger partial charge in [0, 0.05) is 44.4 Å². The molecule has 1 fully saturated rings. The van der Waals surface area contributed by atoms with Crippen LogP contribution >= 0.6 is 24.0 Å². The molecule has 1 atom stereocenters. The van der Waals surface area contributed by atoms with Gasteiger partial charge in [0.05, 0.1) is 13.2 Å². The fourth-order valence-electron chi connectivity index (χ4n) is 3.38. The Labute approximate surface area is 190 Å². The number of halogens is 1. The molecule has 2 aromatic rings. The molecular formula is C22H31IN4O2. The Morgan fingerprint density at radius 3 is 2.83 bits per heavy atom. The van der Waals surface area contributed by atoms with Crippen molar-refractivity contribution in [1.82, 2.24) is 15.2 Å². The Hall–Kier alpha value is -1.87. The fraction of sp³-hybridized carbons (Fsp3) is 0.455. The van der Waals surface area contributed by atoms with Crippen LogP contribution < -0.4 is 10.1 Å². The van der Waals surface area contributed by atoms with Gasteiger partial charge in [0.15, 0.2) is 5.96 Å². The third kappa shape index (κ3) is 7.15. The molecule has 1 N–H and O–H groups in total. The van der Waals surface area contributed by atoms with Gasteiger partial charge in [-0.3, -0.25) is 0 Å². The molecule has 29 heavy (non-hydrogen) atoms. The summed E-state index contributed by atoms with van der Waals surface area (Å²) in [6, 6.07) is 14.1. The van der Waals surface area contributed by atoms with Crippen LogP contribution in [0.5, 0.6) is 5.88 Å². The van der Waals surface area contributed by atoms with Gasteiger partial charge in [-0.1, -0.05) is 36.4 Å². The SMILES string of the molecule is CCNC(=NCc1cccnc1OCc1ccccc1)N1CCC(COC)C1.I. The second kappa shape index (κ2) is 12.6. The molecular weight excluding hydrogens is 479 g/mol. The number of hydrogen-bond acceptors (Lipinski definition) is 4. The first kappa shape index (κ1) is 23.4. The zero-order valence-corrected chi connectivity index (χ0v) is 19.5. The van der Waals surface area contributed by atoms with Gasteiger partial charge in [-0.25, -0.2) is 9.98 Å². The molecule has 0 radical (unpaired) electrons. The molecule has 0 bridgehead atoms. The minimum atomic E-state index is 0. The smallest absolute Gasteiger partial charge is 0.218 e. The van der Waals surface area contributed by atoms with E-state index in [2.05, 4.69) is 22.1 Å². The average Bonchev–Trinajstić information content (AvgIpc) is 3.20. The number of benzene rings is 1. The Morgan fingerprint density at radius 1 is 1.24 bits per heavy atom. The predicted molar refractivity (Wildman–Crippen MR) is 127 cm³/mol. The largest absolute Gasteiger partial charge is 0.473 e. The van der Waals surface area contributed by atoms with E-state index in [9.17, 15) is 0 Å². The highest BCUT2D eigenvalue weighted by atomic mass is 127. The van der Waals surface area contributed by atoms with Gasteiger partial charge >= 0.3 is 0 Å². The topological polar surface area (TPSA) is 59.0 Å². The lowest BCUT2D eigenvalue weighted by atomic mass is 10.1. The van der Waals surface area contributed by atoms with Crippen LogP contribution in [0.2, 0.25) is 0 Å². The summed E-state index contributed by atoms with van der Waals surface area (Å²) >= 11 is 0. The first-order valence-corrected chi connectivity index (χ1v) is 9.93. The van der Waals surface area contributed by atoms with Gasteiger partial charge in [-0.15, -0.1) is 24.0 Å². The van der Waals surface area contributed by atoms with Crippen molar-refractivity contribution in [3.8, 4) is 5.88 Å². The number of rotatable bonds is 8. The Kier molecular flexibility index (Phi) is 10.2. The first-order chi connectivity index (χ1) is 13.8. The van der Waals surface area contributed by atoms with Gasteiger partial charge in [0.1, 0.15) is 6.61 Å². The number of methoxy groups -OCH3 is 1. The zero-order chi connectivity index (χ0) is 19.6. The molecule has 1 aliphatic heterocycles. The maximum absolute atomic E-state index is 5.96. The van der Waals surface area contributed by atoms with Crippen LogP contribution in [-0.4, -0.2) is 49.2 Å². The van der Waals surface area contributed by atoms with Crippen LogP contribution in [0.15, 0.2) is 53.7 Å². The summed E-state index contributed by atoms with van der Waals surface area (Å²) in [6.45, 7) is 6.75. The molecule has 0 aliphatic carbocycles. The van der Waals surface area contributed by atoms with Crippen molar-refractivity contribution >= 4 is 29.9 Å². The normalized spacial score (nSPS) is 16.4. The number of aromatic nitrogens is 1. The second-order valence-electron chi connectivity index (χ2n) is 6.97. The van der Waals surface area contributed by atoms with E-state index in [1.165, 1.54) is 0 Å². The van der Waals surface area contributed by atoms with Crippen molar-refractivity contribution in [1.29, 1.82) is 0 Å². The van der Waals surface area contributed by atoms with Crippen molar-refractivity contribution in [2.45, 2.75) is 26.5 Å². The highest BCUT2D eigenvalue weighted by Crippen LogP contribution is 2.19. The molecule has 0 saturated carbocycles. The molecule has 1 aromatic carbocycles. The lowest BCUT2D eigenvalue weighted by Crippen LogP contribution is -2.40. The summed E-state index contributed by atoms with van der Waals surface area (Å²) in [4.78, 5) is 11.6. The Morgan fingerprint density at radius 2 is 2.07 bits per heavy atom. The van der Waals surface area contributed by atoms with Crippen molar-refractivity contribution < 1.29 is 9.47 Å². The van der Waals surface area contributed by atoms with Gasteiger partial charge in [0.25, 0.3) is 0 Å². The maximum Gasteiger partial charge on any atom is 0.218 e. The molecule has 1 aliphatic rings. The van der Waals surface area contributed by atoms with E-state index in [1.54, 1.807) is 13.3 Å². The number of hydrogen-bond donors (Lipinski definition) is 1. The lowest BCUT2D eigenvalue weighted by Gasteiger charge is -2.21. The number of aliphatic imine (C=N–C) groups is 1. The van der Waals surface area contributed by atoms with E-state index in [0.717, 1.165) is 49.7 Å². The minimum Gasteiger partial charge on any atom is -0.473 e. The van der Waals surface area contributed by atoms with Crippen molar-refractivity contribution in [2.24, 2.45) is 10.9 Å². The van der Waals surface area contributed by atoms with Gasteiger partial charge in [-0.05, 0) is 25.0 Å². The molecule has 1 aromatic heterocycles. The molecule has 6 nitrogen and oxygen atoms in total. The molecule has 158 valence electrons. The van der Waals surface area contributed by atoms with E-state index in [4.69, 9.17) is 14.5 Å². The number of nitrogens with one attached hydrogen (secondary N) is 1. The van der Waals surface area contributed by atoms with E-state index >= 15 is 0 Å². The number of likely N-dealkylation sites (tertiary alicyclic amines) is 1. The standard InChI is InChI=1S/C22H30N4O2.HI/c1-3-23-22(26-13-11-19(15-26)16-27-2)25-14-20-10-7-12-24-21(20)28-17-18-8-5-4-6-9-18;/h4-10,12,19H,3,11,13-17H2,1-2H3,(H,23,25);1H. The van der Waals surface area contributed by atoms with Crippen molar-refractivity contribution in [3.63, 3.8) is 0 Å². The third-order valence-electron chi connectivity index (χ3n) is 4.79. The number of nitrogens with zero attached hydrogens (tertiary/aromatic N) is 3. The summed E-state index contributed by atoms with van der Waals surface area (Å²) in [7, 11) is 1.77. The summed E-state index contributed by atoms with van der Waals surface area (Å²) in [5.41, 5.74) is 2.11. The van der Waals surface area contributed by atoms with Crippen LogP contribution in [0.25, 0.3) is 0 Å². The van der Waals surface area contributed by atoms with Gasteiger partial charge < -0.3 is 19.7 Å². The van der Waals surface area contributed by atoms with Crippen LogP contribution in [0, 0.1) is 5.92 Å². The predicted octanol–water partition coefficient (Wildman–Crippen LogP) is 3.71. The summed E-state index contributed by atoms with van der Waals surface area (Å²) in [5, 5.41) is 3.41. The maximum atomic E-state index is 5.96. The Balaban J connectivity index is 0.00000300. The second-order valence-corrected chi connectivity index (χ2v) is 6.97. The molecule has 2 heterocycles. The average molecular weight is 510 g/mol. The van der Waals surface area contributed by atoms with Crippen molar-refractivity contribution in [3.05, 3.63) is 59.8 Å². The first-order valence-electron chi connectivity index (χ1n) is 9.93. The van der Waals surface area contributed by atoms with Crippen LogP contribution in [-0.2, 0) is 17.9 Å². The highest BCUT2D eigenvalue weighted by Gasteiger charge is 2.24. The molecule has 1 saturated heterocycles. The lowest BCUT2D eigenvalue weighted by molar-refractivity contribution is 0.157. The highest BCUT2D eigenvalue weighted by molar-refractivity contribution is 14.0. The number of pyridine rings is 1. The van der Waals surface area contributed by atoms with E-state index in [-0.39, 0.29) is 24.0 Å². The molecule has 3 rings (SSSR count). The molecule has 0 amide bonds. The molecule has 7 heteroatoms. The van der Waals surface area contributed by atoms with E-state index in [0.29, 0.717) is 24.9 Å². The van der Waals surface area contributed by atoms with Crippen LogP contribution in [0.3, 0.4) is 0 Å². The quantitative estimate of drug-likeness (QED) is 0.334. The van der Waals surface area contributed by atoms with Gasteiger partial charge in [0.2, 0.25) is 5.88 Å². The van der Waals surface area contributed by atoms with Gasteiger partial charge in [-0.2, -0.15) is 0 Å². The monoisotopic (exact) mass is 510 g/mol. The van der Waals surface area contributed by atoms with E-state index in [1.807, 2.05) is 42.5 Å². The molecule has 1 unspecified atom stereocenters.